The SMILES string of the molecule is COC(=O)C[C@@H](CC(=O)C=Cc1c(-c2ccc(F)cc2)c(-c2ccccc2)c(C(=O)NCc2ccc(OC)c(C(=O)OC)c2)n1C(C)C)O[Si](C)(C)C(C)(C)C. The van der Waals surface area contributed by atoms with Crippen molar-refractivity contribution in [2.75, 3.05) is 21.3 Å². The summed E-state index contributed by atoms with van der Waals surface area (Å²) < 4.78 is 38.0. The fraction of sp³-hybridized carbons (Fsp3) is 0.364. The molecule has 10 nitrogen and oxygen atoms in total. The van der Waals surface area contributed by atoms with E-state index in [1.807, 2.05) is 48.7 Å². The van der Waals surface area contributed by atoms with Crippen LogP contribution in [0.4, 0.5) is 4.39 Å². The number of carbonyl (C=O) groups is 4. The number of hydrogen-bond acceptors (Lipinski definition) is 8. The zero-order valence-electron chi connectivity index (χ0n) is 34.0. The Morgan fingerprint density at radius 1 is 0.857 bits per heavy atom. The van der Waals surface area contributed by atoms with Crippen LogP contribution >= 0.6 is 0 Å². The molecular weight excluding hydrogens is 732 g/mol. The maximum atomic E-state index is 14.6. The molecular formula is C44H53FN2O8Si. The number of rotatable bonds is 16. The predicted molar refractivity (Wildman–Crippen MR) is 219 cm³/mol. The zero-order chi connectivity index (χ0) is 41.4. The van der Waals surface area contributed by atoms with Gasteiger partial charge >= 0.3 is 11.9 Å². The predicted octanol–water partition coefficient (Wildman–Crippen LogP) is 9.19. The standard InChI is InChI=1S/C44H53FN2O8Si/c1-28(2)47-36(22-21-33(48)25-34(26-38(49)53-7)55-56(9,10)44(3,4)5)39(31-17-19-32(45)20-18-31)40(30-14-12-11-13-15-30)41(47)42(50)46-27-29-16-23-37(52-6)35(24-29)43(51)54-8/h11-24,28,34H,25-27H2,1-10H3,(H,46,50)/t34-/m1/s1. The normalized spacial score (nSPS) is 12.4. The molecule has 1 heterocycles. The molecule has 3 aromatic carbocycles. The van der Waals surface area contributed by atoms with Gasteiger partial charge in [0.05, 0.1) is 39.5 Å². The number of benzene rings is 3. The van der Waals surface area contributed by atoms with Crippen LogP contribution in [0.15, 0.2) is 78.9 Å². The second-order valence-corrected chi connectivity index (χ2v) is 20.1. The van der Waals surface area contributed by atoms with Gasteiger partial charge in [-0.2, -0.15) is 0 Å². The molecule has 0 fully saturated rings. The number of halogens is 1. The first-order chi connectivity index (χ1) is 26.4. The van der Waals surface area contributed by atoms with Crippen molar-refractivity contribution in [3.8, 4) is 28.0 Å². The summed E-state index contributed by atoms with van der Waals surface area (Å²) in [5.41, 5.74) is 4.31. The van der Waals surface area contributed by atoms with E-state index in [9.17, 15) is 23.6 Å². The van der Waals surface area contributed by atoms with Crippen molar-refractivity contribution in [3.05, 3.63) is 107 Å². The van der Waals surface area contributed by atoms with Gasteiger partial charge < -0.3 is 28.5 Å². The van der Waals surface area contributed by atoms with Crippen LogP contribution in [0, 0.1) is 5.82 Å². The van der Waals surface area contributed by atoms with E-state index in [0.29, 0.717) is 39.4 Å². The Bertz CT molecular complexity index is 2060. The highest BCUT2D eigenvalue weighted by Crippen LogP contribution is 2.43. The first-order valence-electron chi connectivity index (χ1n) is 18.5. The Labute approximate surface area is 330 Å². The molecule has 0 aliphatic carbocycles. The molecule has 4 aromatic rings. The minimum Gasteiger partial charge on any atom is -0.496 e. The van der Waals surface area contributed by atoms with Gasteiger partial charge in [-0.3, -0.25) is 14.4 Å². The average Bonchev–Trinajstić information content (AvgIpc) is 3.51. The fourth-order valence-corrected chi connectivity index (χ4v) is 7.56. The van der Waals surface area contributed by atoms with Crippen molar-refractivity contribution < 1.29 is 42.2 Å². The Morgan fingerprint density at radius 2 is 1.50 bits per heavy atom. The molecule has 0 spiro atoms. The molecule has 56 heavy (non-hydrogen) atoms. The number of amides is 1. The largest absolute Gasteiger partial charge is 0.496 e. The number of methoxy groups -OCH3 is 3. The van der Waals surface area contributed by atoms with E-state index in [4.69, 9.17) is 18.6 Å². The molecule has 1 aromatic heterocycles. The van der Waals surface area contributed by atoms with Gasteiger partial charge in [-0.1, -0.05) is 69.3 Å². The van der Waals surface area contributed by atoms with Crippen LogP contribution < -0.4 is 10.1 Å². The van der Waals surface area contributed by atoms with Crippen molar-refractivity contribution in [1.82, 2.24) is 9.88 Å². The molecule has 1 N–H and O–H groups in total. The second kappa shape index (κ2) is 18.5. The Kier molecular flexibility index (Phi) is 14.4. The van der Waals surface area contributed by atoms with Crippen LogP contribution in [0.2, 0.25) is 18.1 Å². The van der Waals surface area contributed by atoms with E-state index < -0.39 is 38.1 Å². The molecule has 12 heteroatoms. The van der Waals surface area contributed by atoms with E-state index >= 15 is 0 Å². The first kappa shape index (κ1) is 43.4. The van der Waals surface area contributed by atoms with Gasteiger partial charge in [0.25, 0.3) is 5.91 Å². The third-order valence-corrected chi connectivity index (χ3v) is 14.6. The second-order valence-electron chi connectivity index (χ2n) is 15.3. The lowest BCUT2D eigenvalue weighted by atomic mass is 9.94. The molecule has 0 saturated heterocycles. The Hall–Kier alpha value is -5.33. The van der Waals surface area contributed by atoms with Crippen molar-refractivity contribution in [3.63, 3.8) is 0 Å². The van der Waals surface area contributed by atoms with Gasteiger partial charge in [-0.05, 0) is 85.1 Å². The summed E-state index contributed by atoms with van der Waals surface area (Å²) >= 11 is 0. The summed E-state index contributed by atoms with van der Waals surface area (Å²) in [4.78, 5) is 53.3. The lowest BCUT2D eigenvalue weighted by Gasteiger charge is -2.39. The van der Waals surface area contributed by atoms with Gasteiger partial charge in [0, 0.05) is 30.1 Å². The number of aromatic nitrogens is 1. The maximum Gasteiger partial charge on any atom is 0.341 e. The summed E-state index contributed by atoms with van der Waals surface area (Å²) in [7, 11) is 1.66. The molecule has 1 atom stereocenters. The zero-order valence-corrected chi connectivity index (χ0v) is 35.0. The van der Waals surface area contributed by atoms with Gasteiger partial charge in [0.1, 0.15) is 22.8 Å². The van der Waals surface area contributed by atoms with Crippen LogP contribution in [0.1, 0.15) is 85.6 Å². The van der Waals surface area contributed by atoms with E-state index in [2.05, 4.69) is 39.2 Å². The lowest BCUT2D eigenvalue weighted by molar-refractivity contribution is -0.142. The number of carbonyl (C=O) groups excluding carboxylic acids is 4. The van der Waals surface area contributed by atoms with Crippen molar-refractivity contribution in [2.45, 2.75) is 84.3 Å². The van der Waals surface area contributed by atoms with E-state index in [0.717, 1.165) is 5.56 Å². The summed E-state index contributed by atoms with van der Waals surface area (Å²) in [6.45, 7) is 14.3. The third kappa shape index (κ3) is 10.3. The first-order valence-corrected chi connectivity index (χ1v) is 21.4. The van der Waals surface area contributed by atoms with Gasteiger partial charge in [-0.25, -0.2) is 9.18 Å². The van der Waals surface area contributed by atoms with Crippen molar-refractivity contribution in [1.29, 1.82) is 0 Å². The Morgan fingerprint density at radius 3 is 2.07 bits per heavy atom. The monoisotopic (exact) mass is 784 g/mol. The van der Waals surface area contributed by atoms with Gasteiger partial charge in [-0.15, -0.1) is 0 Å². The highest BCUT2D eigenvalue weighted by atomic mass is 28.4. The molecule has 0 saturated carbocycles. The molecule has 0 unspecified atom stereocenters. The van der Waals surface area contributed by atoms with Crippen molar-refractivity contribution >= 4 is 38.0 Å². The molecule has 0 radical (unpaired) electrons. The number of esters is 2. The highest BCUT2D eigenvalue weighted by Gasteiger charge is 2.40. The quantitative estimate of drug-likeness (QED) is 0.0678. The number of nitrogens with one attached hydrogen (secondary N) is 1. The number of allylic oxidation sites excluding steroid dienone is 1. The van der Waals surface area contributed by atoms with Crippen molar-refractivity contribution in [2.24, 2.45) is 0 Å². The molecule has 0 aliphatic heterocycles. The number of hydrogen-bond donors (Lipinski definition) is 1. The molecule has 298 valence electrons. The molecule has 4 rings (SSSR count). The maximum absolute atomic E-state index is 14.6. The van der Waals surface area contributed by atoms with E-state index in [1.165, 1.54) is 39.5 Å². The molecule has 0 aliphatic rings. The van der Waals surface area contributed by atoms with E-state index in [-0.39, 0.29) is 41.8 Å². The smallest absolute Gasteiger partial charge is 0.341 e. The number of ketones is 1. The van der Waals surface area contributed by atoms with Crippen LogP contribution in [-0.4, -0.2) is 63.9 Å². The third-order valence-electron chi connectivity index (χ3n) is 10.0. The summed E-state index contributed by atoms with van der Waals surface area (Å²) in [5, 5.41) is 2.87. The Balaban J connectivity index is 1.87. The molecule has 0 bridgehead atoms. The lowest BCUT2D eigenvalue weighted by Crippen LogP contribution is -2.44. The minimum atomic E-state index is -2.38. The van der Waals surface area contributed by atoms with Gasteiger partial charge in [0.2, 0.25) is 0 Å². The topological polar surface area (TPSA) is 122 Å². The van der Waals surface area contributed by atoms with Crippen LogP contribution in [0.5, 0.6) is 5.75 Å². The molecule has 1 amide bonds. The summed E-state index contributed by atoms with van der Waals surface area (Å²) in [5.74, 6) is -1.83. The number of nitrogens with zero attached hydrogens (tertiary/aromatic N) is 1. The summed E-state index contributed by atoms with van der Waals surface area (Å²) in [6, 6.07) is 20.1. The minimum absolute atomic E-state index is 0.0652. The summed E-state index contributed by atoms with van der Waals surface area (Å²) in [6.07, 6.45) is 2.28. The van der Waals surface area contributed by atoms with E-state index in [1.54, 1.807) is 36.4 Å². The van der Waals surface area contributed by atoms with Crippen LogP contribution in [0.3, 0.4) is 0 Å². The highest BCUT2D eigenvalue weighted by molar-refractivity contribution is 6.74. The van der Waals surface area contributed by atoms with Crippen LogP contribution in [0.25, 0.3) is 28.3 Å². The number of ether oxygens (including phenoxy) is 3. The fourth-order valence-electron chi connectivity index (χ4n) is 6.21. The van der Waals surface area contributed by atoms with Gasteiger partial charge in [0.15, 0.2) is 14.1 Å². The van der Waals surface area contributed by atoms with Crippen LogP contribution in [-0.2, 0) is 30.0 Å². The average molecular weight is 785 g/mol.